The summed E-state index contributed by atoms with van der Waals surface area (Å²) in [6, 6.07) is 6.13. The van der Waals surface area contributed by atoms with E-state index in [0.717, 1.165) is 17.7 Å². The van der Waals surface area contributed by atoms with Gasteiger partial charge in [-0.15, -0.1) is 0 Å². The van der Waals surface area contributed by atoms with E-state index in [2.05, 4.69) is 19.6 Å². The Morgan fingerprint density at radius 1 is 1.50 bits per heavy atom. The lowest BCUT2D eigenvalue weighted by Crippen LogP contribution is -1.90. The minimum absolute atomic E-state index is 0.954. The first-order chi connectivity index (χ1) is 5.81. The molecule has 0 N–H and O–H groups in total. The summed E-state index contributed by atoms with van der Waals surface area (Å²) in [4.78, 5) is 0. The van der Waals surface area contributed by atoms with E-state index in [1.165, 1.54) is 5.56 Å². The molecule has 1 nitrogen and oxygen atoms in total. The zero-order valence-corrected chi connectivity index (χ0v) is 7.63. The monoisotopic (exact) mass is 162 g/mol. The van der Waals surface area contributed by atoms with E-state index in [0.29, 0.717) is 0 Å². The van der Waals surface area contributed by atoms with Crippen LogP contribution in [0.4, 0.5) is 0 Å². The summed E-state index contributed by atoms with van der Waals surface area (Å²) < 4.78 is 5.23. The van der Waals surface area contributed by atoms with Gasteiger partial charge in [0.15, 0.2) is 0 Å². The van der Waals surface area contributed by atoms with Gasteiger partial charge >= 0.3 is 0 Å². The molecule has 1 aromatic carbocycles. The van der Waals surface area contributed by atoms with Gasteiger partial charge in [0, 0.05) is 0 Å². The second kappa shape index (κ2) is 3.96. The summed E-state index contributed by atoms with van der Waals surface area (Å²) in [7, 11) is 1.70. The molecule has 0 heterocycles. The summed E-state index contributed by atoms with van der Waals surface area (Å²) >= 11 is 0. The number of hydrogen-bond acceptors (Lipinski definition) is 1. The molecule has 0 atom stereocenters. The molecule has 1 rings (SSSR count). The summed E-state index contributed by atoms with van der Waals surface area (Å²) in [6.45, 7) is 5.82. The zero-order valence-electron chi connectivity index (χ0n) is 7.63. The SMILES string of the molecule is C=Cc1ccc(CC)c(OC)c1. The second-order valence-corrected chi connectivity index (χ2v) is 2.63. The number of rotatable bonds is 3. The van der Waals surface area contributed by atoms with Crippen LogP contribution in [-0.2, 0) is 6.42 Å². The van der Waals surface area contributed by atoms with Gasteiger partial charge < -0.3 is 4.74 Å². The maximum absolute atomic E-state index is 5.23. The van der Waals surface area contributed by atoms with Gasteiger partial charge in [-0.3, -0.25) is 0 Å². The standard InChI is InChI=1S/C11H14O/c1-4-9-6-7-10(5-2)11(8-9)12-3/h4,6-8H,1,5H2,2-3H3. The third-order valence-electron chi connectivity index (χ3n) is 1.93. The highest BCUT2D eigenvalue weighted by atomic mass is 16.5. The van der Waals surface area contributed by atoms with Crippen LogP contribution in [0, 0.1) is 0 Å². The molecular weight excluding hydrogens is 148 g/mol. The van der Waals surface area contributed by atoms with Crippen molar-refractivity contribution < 1.29 is 4.74 Å². The zero-order chi connectivity index (χ0) is 8.97. The smallest absolute Gasteiger partial charge is 0.122 e. The quantitative estimate of drug-likeness (QED) is 0.664. The van der Waals surface area contributed by atoms with Gasteiger partial charge in [0.2, 0.25) is 0 Å². The lowest BCUT2D eigenvalue weighted by molar-refractivity contribution is 0.410. The van der Waals surface area contributed by atoms with Crippen LogP contribution in [0.2, 0.25) is 0 Å². The van der Waals surface area contributed by atoms with Crippen molar-refractivity contribution in [2.45, 2.75) is 13.3 Å². The molecule has 0 fully saturated rings. The molecule has 0 bridgehead atoms. The topological polar surface area (TPSA) is 9.23 Å². The van der Waals surface area contributed by atoms with Crippen LogP contribution < -0.4 is 4.74 Å². The van der Waals surface area contributed by atoms with E-state index in [1.807, 2.05) is 18.2 Å². The fourth-order valence-corrected chi connectivity index (χ4v) is 1.18. The number of benzene rings is 1. The van der Waals surface area contributed by atoms with Crippen LogP contribution in [0.1, 0.15) is 18.1 Å². The van der Waals surface area contributed by atoms with E-state index in [9.17, 15) is 0 Å². The molecular formula is C11H14O. The van der Waals surface area contributed by atoms with Crippen LogP contribution in [0.5, 0.6) is 5.75 Å². The maximum atomic E-state index is 5.23. The van der Waals surface area contributed by atoms with Gasteiger partial charge in [-0.25, -0.2) is 0 Å². The lowest BCUT2D eigenvalue weighted by atomic mass is 10.1. The molecule has 0 aliphatic rings. The lowest BCUT2D eigenvalue weighted by Gasteiger charge is -2.06. The van der Waals surface area contributed by atoms with E-state index in [1.54, 1.807) is 7.11 Å². The average Bonchev–Trinajstić information content (AvgIpc) is 2.16. The Bertz CT molecular complexity index is 276. The van der Waals surface area contributed by atoms with Crippen molar-refractivity contribution in [3.05, 3.63) is 35.9 Å². The molecule has 0 aliphatic carbocycles. The number of hydrogen-bond donors (Lipinski definition) is 0. The van der Waals surface area contributed by atoms with Crippen LogP contribution in [-0.4, -0.2) is 7.11 Å². The Balaban J connectivity index is 3.10. The van der Waals surface area contributed by atoms with Gasteiger partial charge in [0.05, 0.1) is 7.11 Å². The third-order valence-corrected chi connectivity index (χ3v) is 1.93. The van der Waals surface area contributed by atoms with Crippen molar-refractivity contribution in [1.82, 2.24) is 0 Å². The Kier molecular flexibility index (Phi) is 2.92. The number of ether oxygens (including phenoxy) is 1. The molecule has 0 unspecified atom stereocenters. The van der Waals surface area contributed by atoms with Gasteiger partial charge in [-0.05, 0) is 23.6 Å². The fraction of sp³-hybridized carbons (Fsp3) is 0.273. The van der Waals surface area contributed by atoms with Gasteiger partial charge in [0.1, 0.15) is 5.75 Å². The highest BCUT2D eigenvalue weighted by molar-refractivity contribution is 5.52. The minimum Gasteiger partial charge on any atom is -0.496 e. The summed E-state index contributed by atoms with van der Waals surface area (Å²) in [5.41, 5.74) is 2.34. The van der Waals surface area contributed by atoms with Crippen molar-refractivity contribution in [2.24, 2.45) is 0 Å². The molecule has 0 radical (unpaired) electrons. The van der Waals surface area contributed by atoms with E-state index in [4.69, 9.17) is 4.74 Å². The number of methoxy groups -OCH3 is 1. The van der Waals surface area contributed by atoms with Crippen molar-refractivity contribution >= 4 is 6.08 Å². The molecule has 0 aliphatic heterocycles. The summed E-state index contributed by atoms with van der Waals surface area (Å²) in [6.07, 6.45) is 2.82. The van der Waals surface area contributed by atoms with E-state index < -0.39 is 0 Å². The summed E-state index contributed by atoms with van der Waals surface area (Å²) in [5, 5.41) is 0. The van der Waals surface area contributed by atoms with Gasteiger partial charge in [-0.2, -0.15) is 0 Å². The van der Waals surface area contributed by atoms with Crippen molar-refractivity contribution in [2.75, 3.05) is 7.11 Å². The molecule has 0 aromatic heterocycles. The Morgan fingerprint density at radius 2 is 2.25 bits per heavy atom. The van der Waals surface area contributed by atoms with Crippen molar-refractivity contribution in [1.29, 1.82) is 0 Å². The summed E-state index contributed by atoms with van der Waals surface area (Å²) in [5.74, 6) is 0.954. The van der Waals surface area contributed by atoms with Crippen molar-refractivity contribution in [3.63, 3.8) is 0 Å². The predicted octanol–water partition coefficient (Wildman–Crippen LogP) is 2.90. The molecule has 0 amide bonds. The fourth-order valence-electron chi connectivity index (χ4n) is 1.18. The van der Waals surface area contributed by atoms with E-state index in [-0.39, 0.29) is 0 Å². The van der Waals surface area contributed by atoms with Crippen LogP contribution in [0.3, 0.4) is 0 Å². The Labute approximate surface area is 73.7 Å². The van der Waals surface area contributed by atoms with E-state index >= 15 is 0 Å². The molecule has 0 saturated heterocycles. The Morgan fingerprint density at radius 3 is 2.75 bits per heavy atom. The molecule has 1 aromatic rings. The molecule has 0 saturated carbocycles. The normalized spacial score (nSPS) is 9.50. The molecule has 1 heteroatoms. The molecule has 64 valence electrons. The molecule has 12 heavy (non-hydrogen) atoms. The highest BCUT2D eigenvalue weighted by Gasteiger charge is 1.99. The third kappa shape index (κ3) is 1.67. The van der Waals surface area contributed by atoms with Gasteiger partial charge in [0.25, 0.3) is 0 Å². The highest BCUT2D eigenvalue weighted by Crippen LogP contribution is 2.20. The first-order valence-corrected chi connectivity index (χ1v) is 4.11. The van der Waals surface area contributed by atoms with Crippen molar-refractivity contribution in [3.8, 4) is 5.75 Å². The van der Waals surface area contributed by atoms with Crippen LogP contribution >= 0.6 is 0 Å². The van der Waals surface area contributed by atoms with Crippen LogP contribution in [0.25, 0.3) is 6.08 Å². The van der Waals surface area contributed by atoms with Crippen LogP contribution in [0.15, 0.2) is 24.8 Å². The largest absolute Gasteiger partial charge is 0.496 e. The second-order valence-electron chi connectivity index (χ2n) is 2.63. The first kappa shape index (κ1) is 8.85. The maximum Gasteiger partial charge on any atom is 0.122 e. The van der Waals surface area contributed by atoms with Gasteiger partial charge in [-0.1, -0.05) is 31.7 Å². The molecule has 0 spiro atoms. The predicted molar refractivity (Wildman–Crippen MR) is 52.5 cm³/mol. The minimum atomic E-state index is 0.954. The Hall–Kier alpha value is -1.24. The average molecular weight is 162 g/mol. The number of aryl methyl sites for hydroxylation is 1. The first-order valence-electron chi connectivity index (χ1n) is 4.11.